The van der Waals surface area contributed by atoms with Crippen molar-refractivity contribution < 1.29 is 13.2 Å². The molecular formula is C23H25ClN4O3S. The van der Waals surface area contributed by atoms with E-state index in [1.54, 1.807) is 24.3 Å². The Hall–Kier alpha value is -2.71. The van der Waals surface area contributed by atoms with Gasteiger partial charge in [0.05, 0.1) is 22.0 Å². The van der Waals surface area contributed by atoms with Crippen molar-refractivity contribution in [3.05, 3.63) is 58.7 Å². The smallest absolute Gasteiger partial charge is 0.226 e. The highest BCUT2D eigenvalue weighted by molar-refractivity contribution is 7.90. The molecule has 2 aromatic carbocycles. The minimum absolute atomic E-state index is 0.00782. The normalized spacial score (nSPS) is 16.8. The van der Waals surface area contributed by atoms with Crippen molar-refractivity contribution in [3.63, 3.8) is 0 Å². The number of aromatic nitrogens is 2. The summed E-state index contributed by atoms with van der Waals surface area (Å²) >= 11 is 6.02. The van der Waals surface area contributed by atoms with E-state index in [0.29, 0.717) is 29.6 Å². The van der Waals surface area contributed by atoms with Crippen LogP contribution in [0.2, 0.25) is 5.02 Å². The van der Waals surface area contributed by atoms with Crippen molar-refractivity contribution in [1.82, 2.24) is 15.3 Å². The SMILES string of the molecule is Cc1nc(N2CCCC(C(=O)NCc3cccc(Cl)c3)C2)nc2cc(S(C)(=O)=O)ccc12. The first-order chi connectivity index (χ1) is 15.2. The maximum Gasteiger partial charge on any atom is 0.226 e. The number of rotatable bonds is 5. The average Bonchev–Trinajstić information content (AvgIpc) is 2.76. The molecule has 1 unspecified atom stereocenters. The molecule has 0 aliphatic carbocycles. The van der Waals surface area contributed by atoms with Crippen molar-refractivity contribution in [1.29, 1.82) is 0 Å². The Balaban J connectivity index is 1.51. The number of nitrogens with one attached hydrogen (secondary N) is 1. The summed E-state index contributed by atoms with van der Waals surface area (Å²) < 4.78 is 23.9. The number of nitrogens with zero attached hydrogens (tertiary/aromatic N) is 3. The van der Waals surface area contributed by atoms with E-state index in [1.807, 2.05) is 30.0 Å². The van der Waals surface area contributed by atoms with Gasteiger partial charge in [-0.1, -0.05) is 23.7 Å². The molecular weight excluding hydrogens is 448 g/mol. The van der Waals surface area contributed by atoms with Crippen molar-refractivity contribution in [2.24, 2.45) is 5.92 Å². The lowest BCUT2D eigenvalue weighted by molar-refractivity contribution is -0.125. The van der Waals surface area contributed by atoms with Gasteiger partial charge < -0.3 is 10.2 Å². The predicted molar refractivity (Wildman–Crippen MR) is 126 cm³/mol. The van der Waals surface area contributed by atoms with Crippen LogP contribution in [0.5, 0.6) is 0 Å². The second kappa shape index (κ2) is 9.03. The van der Waals surface area contributed by atoms with Gasteiger partial charge in [-0.25, -0.2) is 18.4 Å². The van der Waals surface area contributed by atoms with Crippen molar-refractivity contribution in [2.75, 3.05) is 24.2 Å². The maximum absolute atomic E-state index is 12.8. The molecule has 0 radical (unpaired) electrons. The minimum atomic E-state index is -3.33. The molecule has 1 N–H and O–H groups in total. The van der Waals surface area contributed by atoms with Gasteiger partial charge in [-0.3, -0.25) is 4.79 Å². The molecule has 3 aromatic rings. The number of piperidine rings is 1. The van der Waals surface area contributed by atoms with Crippen LogP contribution in [0.15, 0.2) is 47.4 Å². The Kier molecular flexibility index (Phi) is 6.35. The van der Waals surface area contributed by atoms with Crippen molar-refractivity contribution in [2.45, 2.75) is 31.2 Å². The van der Waals surface area contributed by atoms with Crippen LogP contribution in [-0.2, 0) is 21.2 Å². The summed E-state index contributed by atoms with van der Waals surface area (Å²) in [5, 5.41) is 4.46. The molecule has 1 aliphatic heterocycles. The highest BCUT2D eigenvalue weighted by Crippen LogP contribution is 2.26. The highest BCUT2D eigenvalue weighted by Gasteiger charge is 2.27. The number of amides is 1. The molecule has 0 saturated carbocycles. The molecule has 7 nitrogen and oxygen atoms in total. The average molecular weight is 473 g/mol. The summed E-state index contributed by atoms with van der Waals surface area (Å²) in [7, 11) is -3.33. The third-order valence-electron chi connectivity index (χ3n) is 5.71. The molecule has 32 heavy (non-hydrogen) atoms. The van der Waals surface area contributed by atoms with Crippen LogP contribution in [0.3, 0.4) is 0 Å². The predicted octanol–water partition coefficient (Wildman–Crippen LogP) is 3.53. The zero-order valence-corrected chi connectivity index (χ0v) is 19.6. The first kappa shape index (κ1) is 22.5. The van der Waals surface area contributed by atoms with E-state index in [2.05, 4.69) is 15.3 Å². The Morgan fingerprint density at radius 2 is 2.03 bits per heavy atom. The van der Waals surface area contributed by atoms with Gasteiger partial charge in [-0.15, -0.1) is 0 Å². The molecule has 0 bridgehead atoms. The van der Waals surface area contributed by atoms with Gasteiger partial charge in [0.2, 0.25) is 11.9 Å². The van der Waals surface area contributed by atoms with Gasteiger partial charge in [0.15, 0.2) is 9.84 Å². The van der Waals surface area contributed by atoms with Gasteiger partial charge in [0, 0.05) is 36.3 Å². The fraction of sp³-hybridized carbons (Fsp3) is 0.348. The van der Waals surface area contributed by atoms with Crippen LogP contribution in [0.1, 0.15) is 24.1 Å². The number of carbonyl (C=O) groups is 1. The molecule has 1 amide bonds. The fourth-order valence-corrected chi connectivity index (χ4v) is 4.83. The Bertz CT molecular complexity index is 1280. The minimum Gasteiger partial charge on any atom is -0.352 e. The Labute approximate surface area is 192 Å². The Morgan fingerprint density at radius 1 is 1.22 bits per heavy atom. The molecule has 1 aliphatic rings. The van der Waals surface area contributed by atoms with Crippen LogP contribution in [0.25, 0.3) is 10.9 Å². The van der Waals surface area contributed by atoms with E-state index in [0.717, 1.165) is 36.0 Å². The lowest BCUT2D eigenvalue weighted by atomic mass is 9.97. The zero-order chi connectivity index (χ0) is 22.9. The molecule has 9 heteroatoms. The van der Waals surface area contributed by atoms with E-state index in [-0.39, 0.29) is 16.7 Å². The number of aryl methyl sites for hydroxylation is 1. The standard InChI is InChI=1S/C23H25ClN4O3S/c1-15-20-9-8-19(32(2,30)31)12-21(20)27-23(26-15)28-10-4-6-17(14-28)22(29)25-13-16-5-3-7-18(24)11-16/h3,5,7-9,11-12,17H,4,6,10,13-14H2,1-2H3,(H,25,29). The van der Waals surface area contributed by atoms with E-state index in [4.69, 9.17) is 11.6 Å². The maximum atomic E-state index is 12.8. The van der Waals surface area contributed by atoms with Crippen molar-refractivity contribution >= 4 is 44.2 Å². The number of benzene rings is 2. The fourth-order valence-electron chi connectivity index (χ4n) is 3.98. The summed E-state index contributed by atoms with van der Waals surface area (Å²) in [6.45, 7) is 3.56. The first-order valence-corrected chi connectivity index (χ1v) is 12.7. The highest BCUT2D eigenvalue weighted by atomic mass is 35.5. The third kappa shape index (κ3) is 5.02. The van der Waals surface area contributed by atoms with Crippen LogP contribution >= 0.6 is 11.6 Å². The summed E-state index contributed by atoms with van der Waals surface area (Å²) in [5.41, 5.74) is 2.31. The number of anilines is 1. The number of halogens is 1. The molecule has 1 saturated heterocycles. The molecule has 2 heterocycles. The van der Waals surface area contributed by atoms with E-state index < -0.39 is 9.84 Å². The summed E-state index contributed by atoms with van der Waals surface area (Å²) in [4.78, 5) is 24.3. The summed E-state index contributed by atoms with van der Waals surface area (Å²) in [6.07, 6.45) is 2.82. The van der Waals surface area contributed by atoms with Gasteiger partial charge in [-0.2, -0.15) is 0 Å². The third-order valence-corrected chi connectivity index (χ3v) is 7.05. The number of hydrogen-bond acceptors (Lipinski definition) is 6. The monoisotopic (exact) mass is 472 g/mol. The van der Waals surface area contributed by atoms with Crippen LogP contribution in [-0.4, -0.2) is 43.6 Å². The summed E-state index contributed by atoms with van der Waals surface area (Å²) in [5.74, 6) is 0.337. The van der Waals surface area contributed by atoms with Crippen LogP contribution < -0.4 is 10.2 Å². The first-order valence-electron chi connectivity index (χ1n) is 10.5. The Morgan fingerprint density at radius 3 is 2.78 bits per heavy atom. The second-order valence-corrected chi connectivity index (χ2v) is 10.6. The molecule has 1 fully saturated rings. The molecule has 4 rings (SSSR count). The molecule has 0 spiro atoms. The number of fused-ring (bicyclic) bond motifs is 1. The number of sulfone groups is 1. The van der Waals surface area contributed by atoms with Crippen LogP contribution in [0.4, 0.5) is 5.95 Å². The molecule has 1 aromatic heterocycles. The topological polar surface area (TPSA) is 92.3 Å². The zero-order valence-electron chi connectivity index (χ0n) is 18.0. The van der Waals surface area contributed by atoms with E-state index in [9.17, 15) is 13.2 Å². The lowest BCUT2D eigenvalue weighted by Crippen LogP contribution is -2.43. The number of hydrogen-bond donors (Lipinski definition) is 1. The van der Waals surface area contributed by atoms with Gasteiger partial charge in [-0.05, 0) is 55.7 Å². The largest absolute Gasteiger partial charge is 0.352 e. The molecule has 1 atom stereocenters. The lowest BCUT2D eigenvalue weighted by Gasteiger charge is -2.32. The second-order valence-electron chi connectivity index (χ2n) is 8.19. The van der Waals surface area contributed by atoms with Crippen molar-refractivity contribution in [3.8, 4) is 0 Å². The van der Waals surface area contributed by atoms with Gasteiger partial charge in [0.25, 0.3) is 0 Å². The van der Waals surface area contributed by atoms with E-state index in [1.165, 1.54) is 6.26 Å². The van der Waals surface area contributed by atoms with E-state index >= 15 is 0 Å². The van der Waals surface area contributed by atoms with Gasteiger partial charge >= 0.3 is 0 Å². The quantitative estimate of drug-likeness (QED) is 0.610. The number of carbonyl (C=O) groups excluding carboxylic acids is 1. The van der Waals surface area contributed by atoms with Crippen LogP contribution in [0, 0.1) is 12.8 Å². The molecule has 168 valence electrons. The van der Waals surface area contributed by atoms with Gasteiger partial charge in [0.1, 0.15) is 0 Å². The summed E-state index contributed by atoms with van der Waals surface area (Å²) in [6, 6.07) is 12.3.